The largest absolute Gasteiger partial charge is 0.491 e. The Morgan fingerprint density at radius 2 is 2.12 bits per heavy atom. The molecule has 0 unspecified atom stereocenters. The molecule has 0 saturated heterocycles. The van der Waals surface area contributed by atoms with E-state index >= 15 is 0 Å². The number of ether oxygens (including phenoxy) is 2. The van der Waals surface area contributed by atoms with Gasteiger partial charge >= 0.3 is 0 Å². The van der Waals surface area contributed by atoms with Gasteiger partial charge < -0.3 is 15.2 Å². The molecule has 1 aromatic rings. The maximum absolute atomic E-state index is 7.36. The van der Waals surface area contributed by atoms with Crippen molar-refractivity contribution in [1.82, 2.24) is 0 Å². The van der Waals surface area contributed by atoms with Crippen LogP contribution in [0.3, 0.4) is 0 Å². The molecule has 0 bridgehead atoms. The van der Waals surface area contributed by atoms with Gasteiger partial charge in [-0.25, -0.2) is 0 Å². The SMILES string of the molecule is CCOCCOc1ccc(C(=N)N)c(C)c1. The van der Waals surface area contributed by atoms with E-state index in [1.165, 1.54) is 0 Å². The van der Waals surface area contributed by atoms with Crippen molar-refractivity contribution in [2.45, 2.75) is 13.8 Å². The standard InChI is InChI=1S/C12H18N2O2/c1-3-15-6-7-16-10-4-5-11(12(13)14)9(2)8-10/h4-5,8H,3,6-7H2,1-2H3,(H3,13,14). The monoisotopic (exact) mass is 222 g/mol. The molecule has 0 heterocycles. The normalized spacial score (nSPS) is 10.1. The molecule has 1 rings (SSSR count). The first-order valence-electron chi connectivity index (χ1n) is 5.30. The Labute approximate surface area is 95.9 Å². The average molecular weight is 222 g/mol. The lowest BCUT2D eigenvalue weighted by molar-refractivity contribution is 0.110. The summed E-state index contributed by atoms with van der Waals surface area (Å²) in [5.41, 5.74) is 7.12. The van der Waals surface area contributed by atoms with E-state index < -0.39 is 0 Å². The van der Waals surface area contributed by atoms with Crippen LogP contribution >= 0.6 is 0 Å². The predicted octanol–water partition coefficient (Wildman–Crippen LogP) is 1.69. The smallest absolute Gasteiger partial charge is 0.123 e. The summed E-state index contributed by atoms with van der Waals surface area (Å²) in [4.78, 5) is 0. The van der Waals surface area contributed by atoms with Crippen molar-refractivity contribution in [2.75, 3.05) is 19.8 Å². The molecule has 0 fully saturated rings. The molecular weight excluding hydrogens is 204 g/mol. The van der Waals surface area contributed by atoms with Gasteiger partial charge in [0.25, 0.3) is 0 Å². The van der Waals surface area contributed by atoms with Crippen LogP contribution in [0.2, 0.25) is 0 Å². The highest BCUT2D eigenvalue weighted by atomic mass is 16.5. The number of benzene rings is 1. The van der Waals surface area contributed by atoms with Crippen LogP contribution in [-0.2, 0) is 4.74 Å². The van der Waals surface area contributed by atoms with Crippen molar-refractivity contribution in [2.24, 2.45) is 5.73 Å². The van der Waals surface area contributed by atoms with E-state index in [4.69, 9.17) is 20.6 Å². The molecular formula is C12H18N2O2. The second-order valence-corrected chi connectivity index (χ2v) is 3.44. The van der Waals surface area contributed by atoms with Gasteiger partial charge in [0.1, 0.15) is 18.2 Å². The zero-order valence-corrected chi connectivity index (χ0v) is 9.75. The molecule has 16 heavy (non-hydrogen) atoms. The summed E-state index contributed by atoms with van der Waals surface area (Å²) in [6.07, 6.45) is 0. The molecule has 0 aliphatic heterocycles. The number of nitrogens with two attached hydrogens (primary N) is 1. The van der Waals surface area contributed by atoms with Crippen LogP contribution in [0.15, 0.2) is 18.2 Å². The van der Waals surface area contributed by atoms with Crippen molar-refractivity contribution in [3.8, 4) is 5.75 Å². The third kappa shape index (κ3) is 3.55. The molecule has 1 aromatic carbocycles. The van der Waals surface area contributed by atoms with Gasteiger partial charge in [-0.2, -0.15) is 0 Å². The van der Waals surface area contributed by atoms with Crippen LogP contribution in [0.1, 0.15) is 18.1 Å². The summed E-state index contributed by atoms with van der Waals surface area (Å²) in [6, 6.07) is 5.49. The van der Waals surface area contributed by atoms with E-state index in [2.05, 4.69) is 0 Å². The van der Waals surface area contributed by atoms with Crippen molar-refractivity contribution >= 4 is 5.84 Å². The molecule has 88 valence electrons. The summed E-state index contributed by atoms with van der Waals surface area (Å²) in [5.74, 6) is 0.862. The minimum Gasteiger partial charge on any atom is -0.491 e. The van der Waals surface area contributed by atoms with Crippen LogP contribution in [0.5, 0.6) is 5.75 Å². The highest BCUT2D eigenvalue weighted by Gasteiger charge is 2.03. The van der Waals surface area contributed by atoms with Gasteiger partial charge in [-0.15, -0.1) is 0 Å². The lowest BCUT2D eigenvalue weighted by Crippen LogP contribution is -2.13. The van der Waals surface area contributed by atoms with E-state index in [0.29, 0.717) is 19.8 Å². The highest BCUT2D eigenvalue weighted by molar-refractivity contribution is 5.96. The number of aryl methyl sites for hydroxylation is 1. The molecule has 0 aliphatic rings. The van der Waals surface area contributed by atoms with Crippen LogP contribution in [-0.4, -0.2) is 25.7 Å². The van der Waals surface area contributed by atoms with Crippen LogP contribution < -0.4 is 10.5 Å². The summed E-state index contributed by atoms with van der Waals surface area (Å²) in [6.45, 7) is 5.68. The van der Waals surface area contributed by atoms with Crippen molar-refractivity contribution < 1.29 is 9.47 Å². The fourth-order valence-electron chi connectivity index (χ4n) is 1.39. The fraction of sp³-hybridized carbons (Fsp3) is 0.417. The van der Waals surface area contributed by atoms with E-state index in [9.17, 15) is 0 Å². The molecule has 4 nitrogen and oxygen atoms in total. The third-order valence-corrected chi connectivity index (χ3v) is 2.19. The Kier molecular flexibility index (Phi) is 4.79. The van der Waals surface area contributed by atoms with Crippen LogP contribution in [0, 0.1) is 12.3 Å². The first kappa shape index (κ1) is 12.5. The van der Waals surface area contributed by atoms with Crippen LogP contribution in [0.4, 0.5) is 0 Å². The number of nitrogens with one attached hydrogen (secondary N) is 1. The van der Waals surface area contributed by atoms with Gasteiger partial charge in [-0.1, -0.05) is 0 Å². The van der Waals surface area contributed by atoms with Gasteiger partial charge in [0.05, 0.1) is 6.61 Å². The second-order valence-electron chi connectivity index (χ2n) is 3.44. The molecule has 0 aliphatic carbocycles. The van der Waals surface area contributed by atoms with E-state index in [-0.39, 0.29) is 5.84 Å². The minimum atomic E-state index is 0.0818. The summed E-state index contributed by atoms with van der Waals surface area (Å²) < 4.78 is 10.7. The first-order valence-corrected chi connectivity index (χ1v) is 5.30. The molecule has 0 amide bonds. The molecule has 0 spiro atoms. The molecule has 4 heteroatoms. The highest BCUT2D eigenvalue weighted by Crippen LogP contribution is 2.16. The molecule has 0 atom stereocenters. The van der Waals surface area contributed by atoms with Crippen molar-refractivity contribution in [3.63, 3.8) is 0 Å². The van der Waals surface area contributed by atoms with E-state index in [1.807, 2.05) is 26.0 Å². The van der Waals surface area contributed by atoms with Gasteiger partial charge in [0.2, 0.25) is 0 Å². The third-order valence-electron chi connectivity index (χ3n) is 2.19. The maximum atomic E-state index is 7.36. The van der Waals surface area contributed by atoms with Gasteiger partial charge in [0, 0.05) is 12.2 Å². The number of hydrogen-bond donors (Lipinski definition) is 2. The van der Waals surface area contributed by atoms with Crippen molar-refractivity contribution in [1.29, 1.82) is 5.41 Å². The number of nitrogen functional groups attached to an aromatic ring is 1. The second kappa shape index (κ2) is 6.12. The average Bonchev–Trinajstić information content (AvgIpc) is 2.24. The minimum absolute atomic E-state index is 0.0818. The van der Waals surface area contributed by atoms with Gasteiger partial charge in [-0.05, 0) is 37.6 Å². The lowest BCUT2D eigenvalue weighted by Gasteiger charge is -2.09. The van der Waals surface area contributed by atoms with Gasteiger partial charge in [-0.3, -0.25) is 5.41 Å². The summed E-state index contributed by atoms with van der Waals surface area (Å²) >= 11 is 0. The molecule has 0 saturated carbocycles. The zero-order valence-electron chi connectivity index (χ0n) is 9.75. The lowest BCUT2D eigenvalue weighted by atomic mass is 10.1. The number of hydrogen-bond acceptors (Lipinski definition) is 3. The number of amidine groups is 1. The van der Waals surface area contributed by atoms with E-state index in [1.54, 1.807) is 6.07 Å². The Morgan fingerprint density at radius 1 is 1.38 bits per heavy atom. The fourth-order valence-corrected chi connectivity index (χ4v) is 1.39. The molecule has 0 radical (unpaired) electrons. The first-order chi connectivity index (χ1) is 7.65. The maximum Gasteiger partial charge on any atom is 0.123 e. The van der Waals surface area contributed by atoms with Gasteiger partial charge in [0.15, 0.2) is 0 Å². The Bertz CT molecular complexity index is 364. The number of rotatable bonds is 6. The van der Waals surface area contributed by atoms with Crippen molar-refractivity contribution in [3.05, 3.63) is 29.3 Å². The Hall–Kier alpha value is -1.55. The van der Waals surface area contributed by atoms with Crippen LogP contribution in [0.25, 0.3) is 0 Å². The topological polar surface area (TPSA) is 68.3 Å². The zero-order chi connectivity index (χ0) is 12.0. The molecule has 3 N–H and O–H groups in total. The summed E-state index contributed by atoms with van der Waals surface area (Å²) in [5, 5.41) is 7.36. The Balaban J connectivity index is 2.56. The Morgan fingerprint density at radius 3 is 2.69 bits per heavy atom. The quantitative estimate of drug-likeness (QED) is 0.437. The van der Waals surface area contributed by atoms with E-state index in [0.717, 1.165) is 16.9 Å². The summed E-state index contributed by atoms with van der Waals surface area (Å²) in [7, 11) is 0. The molecule has 0 aromatic heterocycles. The predicted molar refractivity (Wildman–Crippen MR) is 64.2 cm³/mol.